The molecule has 2 aromatic rings. The normalized spacial score (nSPS) is 10.9. The third-order valence-corrected chi connectivity index (χ3v) is 4.18. The van der Waals surface area contributed by atoms with E-state index in [-0.39, 0.29) is 11.4 Å². The molecule has 140 valence electrons. The van der Waals surface area contributed by atoms with Gasteiger partial charge in [-0.05, 0) is 54.5 Å². The van der Waals surface area contributed by atoms with E-state index in [1.165, 1.54) is 19.3 Å². The Morgan fingerprint density at radius 2 is 1.67 bits per heavy atom. The van der Waals surface area contributed by atoms with Crippen LogP contribution in [0.2, 0.25) is 0 Å². The van der Waals surface area contributed by atoms with Crippen molar-refractivity contribution in [3.8, 4) is 17.6 Å². The fourth-order valence-electron chi connectivity index (χ4n) is 2.59. The molecule has 0 N–H and O–H groups in total. The lowest BCUT2D eigenvalue weighted by Gasteiger charge is -2.06. The van der Waals surface area contributed by atoms with Crippen LogP contribution in [-0.2, 0) is 0 Å². The molecule has 2 aromatic carbocycles. The summed E-state index contributed by atoms with van der Waals surface area (Å²) in [7, 11) is 1.57. The average Bonchev–Trinajstić information content (AvgIpc) is 2.72. The van der Waals surface area contributed by atoms with Crippen LogP contribution in [0, 0.1) is 11.3 Å². The smallest absolute Gasteiger partial charge is 0.203 e. The highest BCUT2D eigenvalue weighted by molar-refractivity contribution is 6.14. The molecule has 0 aliphatic heterocycles. The number of ether oxygens (including phenoxy) is 2. The zero-order valence-electron chi connectivity index (χ0n) is 15.9. The zero-order chi connectivity index (χ0) is 19.5. The first kappa shape index (κ1) is 20.3. The summed E-state index contributed by atoms with van der Waals surface area (Å²) in [4.78, 5) is 12.5. The molecule has 0 atom stereocenters. The fraction of sp³-hybridized carbons (Fsp3) is 0.304. The van der Waals surface area contributed by atoms with E-state index in [9.17, 15) is 10.1 Å². The molecule has 4 nitrogen and oxygen atoms in total. The Kier molecular flexibility index (Phi) is 8.12. The van der Waals surface area contributed by atoms with Crippen LogP contribution in [0.3, 0.4) is 0 Å². The van der Waals surface area contributed by atoms with E-state index in [1.54, 1.807) is 37.5 Å². The molecule has 0 bridgehead atoms. The lowest BCUT2D eigenvalue weighted by Crippen LogP contribution is -2.02. The van der Waals surface area contributed by atoms with Gasteiger partial charge in [0.05, 0.1) is 13.7 Å². The minimum atomic E-state index is -0.309. The Morgan fingerprint density at radius 3 is 2.26 bits per heavy atom. The van der Waals surface area contributed by atoms with Crippen molar-refractivity contribution in [2.45, 2.75) is 32.6 Å². The number of ketones is 1. The lowest BCUT2D eigenvalue weighted by molar-refractivity contribution is 0.104. The molecule has 0 spiro atoms. The summed E-state index contributed by atoms with van der Waals surface area (Å²) in [6.45, 7) is 2.89. The maximum absolute atomic E-state index is 12.5. The minimum Gasteiger partial charge on any atom is -0.497 e. The molecule has 0 saturated carbocycles. The van der Waals surface area contributed by atoms with E-state index in [4.69, 9.17) is 9.47 Å². The second kappa shape index (κ2) is 10.8. The zero-order valence-corrected chi connectivity index (χ0v) is 15.9. The number of nitriles is 1. The molecule has 0 unspecified atom stereocenters. The Hall–Kier alpha value is -3.06. The highest BCUT2D eigenvalue weighted by atomic mass is 16.5. The maximum atomic E-state index is 12.5. The van der Waals surface area contributed by atoms with Crippen molar-refractivity contribution in [1.29, 1.82) is 5.26 Å². The molecular formula is C23H25NO3. The molecular weight excluding hydrogens is 338 g/mol. The predicted molar refractivity (Wildman–Crippen MR) is 107 cm³/mol. The number of hydrogen-bond donors (Lipinski definition) is 0. The van der Waals surface area contributed by atoms with Crippen LogP contribution >= 0.6 is 0 Å². The Labute approximate surface area is 161 Å². The van der Waals surface area contributed by atoms with Crippen LogP contribution in [0.15, 0.2) is 54.1 Å². The number of hydrogen-bond acceptors (Lipinski definition) is 4. The summed E-state index contributed by atoms with van der Waals surface area (Å²) >= 11 is 0. The Morgan fingerprint density at radius 1 is 1.00 bits per heavy atom. The van der Waals surface area contributed by atoms with E-state index in [0.29, 0.717) is 17.9 Å². The second-order valence-corrected chi connectivity index (χ2v) is 6.21. The van der Waals surface area contributed by atoms with Gasteiger partial charge < -0.3 is 9.47 Å². The van der Waals surface area contributed by atoms with Crippen LogP contribution in [0.1, 0.15) is 48.5 Å². The number of Topliss-reactive ketones (excluding diaryl/α,β-unsaturated/α-hetero) is 1. The first-order chi connectivity index (χ1) is 13.2. The van der Waals surface area contributed by atoms with Gasteiger partial charge in [0.15, 0.2) is 0 Å². The number of benzene rings is 2. The van der Waals surface area contributed by atoms with Crippen LogP contribution in [0.4, 0.5) is 0 Å². The fourth-order valence-corrected chi connectivity index (χ4v) is 2.59. The number of carbonyl (C=O) groups is 1. The van der Waals surface area contributed by atoms with Crippen molar-refractivity contribution in [1.82, 2.24) is 0 Å². The van der Waals surface area contributed by atoms with Crippen LogP contribution in [0.5, 0.6) is 11.5 Å². The summed E-state index contributed by atoms with van der Waals surface area (Å²) in [6, 6.07) is 16.1. The van der Waals surface area contributed by atoms with E-state index in [2.05, 4.69) is 6.92 Å². The molecule has 27 heavy (non-hydrogen) atoms. The van der Waals surface area contributed by atoms with Crippen molar-refractivity contribution in [2.24, 2.45) is 0 Å². The molecule has 0 heterocycles. The number of nitrogens with zero attached hydrogens (tertiary/aromatic N) is 1. The lowest BCUT2D eigenvalue weighted by atomic mass is 10.0. The summed E-state index contributed by atoms with van der Waals surface area (Å²) in [6.07, 6.45) is 6.25. The van der Waals surface area contributed by atoms with Gasteiger partial charge in [-0.25, -0.2) is 0 Å². The number of carbonyl (C=O) groups excluding carboxylic acids is 1. The third-order valence-electron chi connectivity index (χ3n) is 4.18. The van der Waals surface area contributed by atoms with Gasteiger partial charge in [-0.3, -0.25) is 4.79 Å². The summed E-state index contributed by atoms with van der Waals surface area (Å²) in [5, 5.41) is 9.37. The van der Waals surface area contributed by atoms with Gasteiger partial charge in [-0.1, -0.05) is 38.3 Å². The maximum Gasteiger partial charge on any atom is 0.203 e. The van der Waals surface area contributed by atoms with Crippen molar-refractivity contribution >= 4 is 11.9 Å². The van der Waals surface area contributed by atoms with Crippen LogP contribution < -0.4 is 9.47 Å². The van der Waals surface area contributed by atoms with Crippen LogP contribution in [-0.4, -0.2) is 19.5 Å². The average molecular weight is 363 g/mol. The van der Waals surface area contributed by atoms with Gasteiger partial charge in [0.1, 0.15) is 23.1 Å². The molecule has 0 amide bonds. The summed E-state index contributed by atoms with van der Waals surface area (Å²) < 4.78 is 10.8. The van der Waals surface area contributed by atoms with Crippen molar-refractivity contribution in [3.05, 3.63) is 65.2 Å². The van der Waals surface area contributed by atoms with E-state index < -0.39 is 0 Å². The van der Waals surface area contributed by atoms with E-state index >= 15 is 0 Å². The Balaban J connectivity index is 2.01. The number of allylic oxidation sites excluding steroid dienone is 1. The number of methoxy groups -OCH3 is 1. The highest BCUT2D eigenvalue weighted by Crippen LogP contribution is 2.18. The van der Waals surface area contributed by atoms with Gasteiger partial charge >= 0.3 is 0 Å². The largest absolute Gasteiger partial charge is 0.497 e. The first-order valence-electron chi connectivity index (χ1n) is 9.21. The van der Waals surface area contributed by atoms with Crippen molar-refractivity contribution in [2.75, 3.05) is 13.7 Å². The molecule has 0 fully saturated rings. The molecule has 2 rings (SSSR count). The van der Waals surface area contributed by atoms with Gasteiger partial charge in [-0.2, -0.15) is 5.26 Å². The van der Waals surface area contributed by atoms with E-state index in [0.717, 1.165) is 17.7 Å². The second-order valence-electron chi connectivity index (χ2n) is 6.21. The molecule has 0 aliphatic rings. The Bertz CT molecular complexity index is 799. The topological polar surface area (TPSA) is 59.3 Å². The standard InChI is InChI=1S/C23H25NO3/c1-3-4-5-6-15-27-22-11-7-18(8-12-22)16-20(17-24)23(25)19-9-13-21(26-2)14-10-19/h7-14,16H,3-6,15H2,1-2H3/b20-16+. The molecule has 0 radical (unpaired) electrons. The number of unbranched alkanes of at least 4 members (excludes halogenated alkanes) is 3. The monoisotopic (exact) mass is 363 g/mol. The predicted octanol–water partition coefficient (Wildman–Crippen LogP) is 5.44. The summed E-state index contributed by atoms with van der Waals surface area (Å²) in [5.74, 6) is 1.15. The van der Waals surface area contributed by atoms with E-state index in [1.807, 2.05) is 30.3 Å². The van der Waals surface area contributed by atoms with Gasteiger partial charge in [0.25, 0.3) is 0 Å². The van der Waals surface area contributed by atoms with Crippen molar-refractivity contribution in [3.63, 3.8) is 0 Å². The van der Waals surface area contributed by atoms with Crippen molar-refractivity contribution < 1.29 is 14.3 Å². The summed E-state index contributed by atoms with van der Waals surface area (Å²) in [5.41, 5.74) is 1.33. The number of rotatable bonds is 10. The van der Waals surface area contributed by atoms with Gasteiger partial charge in [0, 0.05) is 5.56 Å². The third kappa shape index (κ3) is 6.31. The van der Waals surface area contributed by atoms with Gasteiger partial charge in [0.2, 0.25) is 5.78 Å². The molecule has 0 aliphatic carbocycles. The van der Waals surface area contributed by atoms with Crippen LogP contribution in [0.25, 0.3) is 6.08 Å². The SMILES string of the molecule is CCCCCCOc1ccc(/C=C(\C#N)C(=O)c2ccc(OC)cc2)cc1. The quantitative estimate of drug-likeness (QED) is 0.244. The molecule has 4 heteroatoms. The molecule has 0 aromatic heterocycles. The van der Waals surface area contributed by atoms with Gasteiger partial charge in [-0.15, -0.1) is 0 Å². The first-order valence-corrected chi connectivity index (χ1v) is 9.21. The minimum absolute atomic E-state index is 0.0911. The molecule has 0 saturated heterocycles. The highest BCUT2D eigenvalue weighted by Gasteiger charge is 2.12.